The van der Waals surface area contributed by atoms with Crippen molar-refractivity contribution in [3.63, 3.8) is 0 Å². The quantitative estimate of drug-likeness (QED) is 0.529. The molecular weight excluding hydrogens is 166 g/mol. The highest BCUT2D eigenvalue weighted by Gasteiger charge is 2.15. The highest BCUT2D eigenvalue weighted by atomic mass is 16.6. The Kier molecular flexibility index (Phi) is 5.71. The molecule has 0 radical (unpaired) electrons. The molecule has 3 heteroatoms. The van der Waals surface area contributed by atoms with Gasteiger partial charge < -0.3 is 0 Å². The molecule has 0 saturated carbocycles. The van der Waals surface area contributed by atoms with Gasteiger partial charge in [0.15, 0.2) is 0 Å². The van der Waals surface area contributed by atoms with Crippen LogP contribution in [0.1, 0.15) is 47.0 Å². The molecule has 0 aliphatic rings. The van der Waals surface area contributed by atoms with E-state index in [1.807, 2.05) is 20.8 Å². The van der Waals surface area contributed by atoms with Gasteiger partial charge in [-0.2, -0.15) is 0 Å². The monoisotopic (exact) mass is 187 g/mol. The Morgan fingerprint density at radius 3 is 2.46 bits per heavy atom. The van der Waals surface area contributed by atoms with E-state index in [0.29, 0.717) is 13.0 Å². The predicted octanol–water partition coefficient (Wildman–Crippen LogP) is 2.27. The maximum absolute atomic E-state index is 11.2. The summed E-state index contributed by atoms with van der Waals surface area (Å²) in [5.74, 6) is -0.0383. The molecule has 0 rings (SSSR count). The van der Waals surface area contributed by atoms with Gasteiger partial charge in [-0.3, -0.25) is 9.63 Å². The normalized spacial score (nSPS) is 11.4. The second-order valence-electron chi connectivity index (χ2n) is 4.46. The van der Waals surface area contributed by atoms with Crippen molar-refractivity contribution in [3.8, 4) is 0 Å². The first kappa shape index (κ1) is 12.4. The average Bonchev–Trinajstić information content (AvgIpc) is 1.94. The van der Waals surface area contributed by atoms with Crippen LogP contribution in [0, 0.1) is 5.41 Å². The lowest BCUT2D eigenvalue weighted by molar-refractivity contribution is -0.135. The summed E-state index contributed by atoms with van der Waals surface area (Å²) in [5.41, 5.74) is 2.46. The standard InChI is InChI=1S/C10H21NO2/c1-5-6-7-13-11-9(12)8-10(2,3)4/h5-8H2,1-4H3,(H,11,12). The molecule has 0 saturated heterocycles. The molecule has 0 spiro atoms. The first-order valence-electron chi connectivity index (χ1n) is 4.86. The molecule has 0 unspecified atom stereocenters. The van der Waals surface area contributed by atoms with Crippen LogP contribution in [0.4, 0.5) is 0 Å². The number of nitrogens with one attached hydrogen (secondary N) is 1. The molecule has 78 valence electrons. The first-order valence-corrected chi connectivity index (χ1v) is 4.86. The molecule has 1 N–H and O–H groups in total. The van der Waals surface area contributed by atoms with Crippen LogP contribution in [-0.4, -0.2) is 12.5 Å². The SMILES string of the molecule is CCCCONC(=O)CC(C)(C)C. The Labute approximate surface area is 80.8 Å². The Morgan fingerprint density at radius 2 is 2.00 bits per heavy atom. The Hall–Kier alpha value is -0.570. The van der Waals surface area contributed by atoms with E-state index >= 15 is 0 Å². The second-order valence-corrected chi connectivity index (χ2v) is 4.46. The minimum absolute atomic E-state index is 0.0260. The fraction of sp³-hybridized carbons (Fsp3) is 0.900. The van der Waals surface area contributed by atoms with Crippen LogP contribution in [0.25, 0.3) is 0 Å². The fourth-order valence-electron chi connectivity index (χ4n) is 0.866. The zero-order valence-electron chi connectivity index (χ0n) is 9.14. The molecule has 0 aliphatic heterocycles. The van der Waals surface area contributed by atoms with Gasteiger partial charge in [0, 0.05) is 6.42 Å². The van der Waals surface area contributed by atoms with Gasteiger partial charge in [-0.25, -0.2) is 5.48 Å². The molecule has 1 amide bonds. The van der Waals surface area contributed by atoms with Crippen molar-refractivity contribution in [3.05, 3.63) is 0 Å². The molecule has 13 heavy (non-hydrogen) atoms. The summed E-state index contributed by atoms with van der Waals surface area (Å²) in [7, 11) is 0. The van der Waals surface area contributed by atoms with Crippen molar-refractivity contribution in [2.45, 2.75) is 47.0 Å². The lowest BCUT2D eigenvalue weighted by Crippen LogP contribution is -2.28. The van der Waals surface area contributed by atoms with Crippen molar-refractivity contribution in [2.75, 3.05) is 6.61 Å². The smallest absolute Gasteiger partial charge is 0.244 e. The lowest BCUT2D eigenvalue weighted by atomic mass is 9.92. The van der Waals surface area contributed by atoms with Crippen LogP contribution >= 0.6 is 0 Å². The molecule has 0 bridgehead atoms. The fourth-order valence-corrected chi connectivity index (χ4v) is 0.866. The van der Waals surface area contributed by atoms with E-state index in [2.05, 4.69) is 12.4 Å². The van der Waals surface area contributed by atoms with Gasteiger partial charge in [0.25, 0.3) is 0 Å². The lowest BCUT2D eigenvalue weighted by Gasteiger charge is -2.16. The van der Waals surface area contributed by atoms with E-state index in [1.54, 1.807) is 0 Å². The van der Waals surface area contributed by atoms with Crippen molar-refractivity contribution in [1.82, 2.24) is 5.48 Å². The molecule has 3 nitrogen and oxygen atoms in total. The maximum atomic E-state index is 11.2. The minimum Gasteiger partial charge on any atom is -0.274 e. The third-order valence-corrected chi connectivity index (χ3v) is 1.48. The molecular formula is C10H21NO2. The average molecular weight is 187 g/mol. The van der Waals surface area contributed by atoms with Gasteiger partial charge in [-0.05, 0) is 11.8 Å². The molecule has 0 heterocycles. The maximum Gasteiger partial charge on any atom is 0.244 e. The summed E-state index contributed by atoms with van der Waals surface area (Å²) in [6.45, 7) is 8.77. The van der Waals surface area contributed by atoms with Crippen LogP contribution in [0.2, 0.25) is 0 Å². The Bertz CT molecular complexity index is 149. The topological polar surface area (TPSA) is 38.3 Å². The second kappa shape index (κ2) is 5.97. The Morgan fingerprint density at radius 1 is 1.38 bits per heavy atom. The van der Waals surface area contributed by atoms with E-state index < -0.39 is 0 Å². The number of carbonyl (C=O) groups is 1. The number of hydroxylamine groups is 1. The molecule has 0 aromatic heterocycles. The summed E-state index contributed by atoms with van der Waals surface area (Å²) >= 11 is 0. The summed E-state index contributed by atoms with van der Waals surface area (Å²) in [6.07, 6.45) is 2.56. The van der Waals surface area contributed by atoms with Crippen molar-refractivity contribution >= 4 is 5.91 Å². The zero-order valence-corrected chi connectivity index (χ0v) is 9.14. The molecule has 0 aliphatic carbocycles. The summed E-state index contributed by atoms with van der Waals surface area (Å²) in [5, 5.41) is 0. The van der Waals surface area contributed by atoms with Gasteiger partial charge >= 0.3 is 0 Å². The number of rotatable bonds is 5. The van der Waals surface area contributed by atoms with Crippen LogP contribution in [0.15, 0.2) is 0 Å². The van der Waals surface area contributed by atoms with E-state index in [0.717, 1.165) is 12.8 Å². The highest BCUT2D eigenvalue weighted by molar-refractivity contribution is 5.75. The van der Waals surface area contributed by atoms with Gasteiger partial charge in [0.2, 0.25) is 5.91 Å². The highest BCUT2D eigenvalue weighted by Crippen LogP contribution is 2.17. The molecule has 0 fully saturated rings. The molecule has 0 atom stereocenters. The largest absolute Gasteiger partial charge is 0.274 e. The van der Waals surface area contributed by atoms with E-state index in [9.17, 15) is 4.79 Å². The number of amides is 1. The van der Waals surface area contributed by atoms with Gasteiger partial charge in [0.05, 0.1) is 6.61 Å². The van der Waals surface area contributed by atoms with Crippen LogP contribution in [0.5, 0.6) is 0 Å². The van der Waals surface area contributed by atoms with Gasteiger partial charge in [-0.1, -0.05) is 34.1 Å². The van der Waals surface area contributed by atoms with Crippen LogP contribution in [0.3, 0.4) is 0 Å². The molecule has 0 aromatic carbocycles. The van der Waals surface area contributed by atoms with E-state index in [1.165, 1.54) is 0 Å². The Balaban J connectivity index is 3.41. The molecule has 0 aromatic rings. The number of hydrogen-bond donors (Lipinski definition) is 1. The van der Waals surface area contributed by atoms with Crippen molar-refractivity contribution in [2.24, 2.45) is 5.41 Å². The van der Waals surface area contributed by atoms with Gasteiger partial charge in [0.1, 0.15) is 0 Å². The van der Waals surface area contributed by atoms with Crippen LogP contribution < -0.4 is 5.48 Å². The third kappa shape index (κ3) is 9.34. The van der Waals surface area contributed by atoms with Crippen LogP contribution in [-0.2, 0) is 9.63 Å². The summed E-state index contributed by atoms with van der Waals surface area (Å²) < 4.78 is 0. The predicted molar refractivity (Wildman–Crippen MR) is 53.1 cm³/mol. The third-order valence-electron chi connectivity index (χ3n) is 1.48. The van der Waals surface area contributed by atoms with Crippen molar-refractivity contribution in [1.29, 1.82) is 0 Å². The minimum atomic E-state index is -0.0383. The number of unbranched alkanes of at least 4 members (excludes halogenated alkanes) is 1. The summed E-state index contributed by atoms with van der Waals surface area (Å²) in [6, 6.07) is 0. The zero-order chi connectivity index (χ0) is 10.3. The number of hydrogen-bond acceptors (Lipinski definition) is 2. The first-order chi connectivity index (χ1) is 5.95. The van der Waals surface area contributed by atoms with Gasteiger partial charge in [-0.15, -0.1) is 0 Å². The van der Waals surface area contributed by atoms with E-state index in [4.69, 9.17) is 4.84 Å². The number of carbonyl (C=O) groups excluding carboxylic acids is 1. The van der Waals surface area contributed by atoms with Crippen molar-refractivity contribution < 1.29 is 9.63 Å². The summed E-state index contributed by atoms with van der Waals surface area (Å²) in [4.78, 5) is 16.2. The van der Waals surface area contributed by atoms with E-state index in [-0.39, 0.29) is 11.3 Å².